The molecule has 0 aromatic rings. The third-order valence-electron chi connectivity index (χ3n) is 2.68. The van der Waals surface area contributed by atoms with Crippen LogP contribution in [-0.4, -0.2) is 55.9 Å². The monoisotopic (exact) mass is 252 g/mol. The second-order valence-corrected chi connectivity index (χ2v) is 6.34. The molecular weight excluding hydrogens is 228 g/mol. The summed E-state index contributed by atoms with van der Waals surface area (Å²) in [5.74, 6) is 0.353. The first-order valence-corrected chi connectivity index (χ1v) is 7.04. The van der Waals surface area contributed by atoms with Gasteiger partial charge in [-0.1, -0.05) is 20.3 Å². The van der Waals surface area contributed by atoms with E-state index in [1.54, 1.807) is 7.05 Å². The van der Waals surface area contributed by atoms with E-state index in [4.69, 9.17) is 5.11 Å². The van der Waals surface area contributed by atoms with Gasteiger partial charge in [0.2, 0.25) is 0 Å². The third-order valence-corrected chi connectivity index (χ3v) is 4.59. The van der Waals surface area contributed by atoms with E-state index < -0.39 is 10.2 Å². The van der Waals surface area contributed by atoms with Crippen LogP contribution in [-0.2, 0) is 10.2 Å². The normalized spacial score (nSPS) is 14.7. The molecule has 0 amide bonds. The molecule has 0 rings (SSSR count). The average molecular weight is 252 g/mol. The van der Waals surface area contributed by atoms with E-state index in [-0.39, 0.29) is 6.61 Å². The summed E-state index contributed by atoms with van der Waals surface area (Å²) in [6.07, 6.45) is 1.42. The molecule has 6 heteroatoms. The van der Waals surface area contributed by atoms with Gasteiger partial charge in [0.05, 0.1) is 0 Å². The zero-order valence-corrected chi connectivity index (χ0v) is 11.5. The second kappa shape index (κ2) is 7.21. The van der Waals surface area contributed by atoms with Gasteiger partial charge in [-0.15, -0.1) is 0 Å². The molecule has 0 spiro atoms. The second-order valence-electron chi connectivity index (χ2n) is 4.20. The Hall–Kier alpha value is -0.170. The molecule has 0 aromatic heterocycles. The highest BCUT2D eigenvalue weighted by molar-refractivity contribution is 7.86. The molecule has 0 aliphatic heterocycles. The Morgan fingerprint density at radius 3 is 2.25 bits per heavy atom. The van der Waals surface area contributed by atoms with E-state index in [1.165, 1.54) is 15.7 Å². The lowest BCUT2D eigenvalue weighted by Gasteiger charge is -2.26. The summed E-state index contributed by atoms with van der Waals surface area (Å²) in [6, 6.07) is 0. The fourth-order valence-corrected chi connectivity index (χ4v) is 2.59. The summed E-state index contributed by atoms with van der Waals surface area (Å²) in [5.41, 5.74) is 0. The van der Waals surface area contributed by atoms with Crippen molar-refractivity contribution in [2.24, 2.45) is 5.92 Å². The van der Waals surface area contributed by atoms with Crippen molar-refractivity contribution in [2.45, 2.75) is 26.7 Å². The minimum absolute atomic E-state index is 0.00887. The van der Waals surface area contributed by atoms with Crippen molar-refractivity contribution in [1.82, 2.24) is 8.61 Å². The van der Waals surface area contributed by atoms with Gasteiger partial charge in [-0.25, -0.2) is 0 Å². The summed E-state index contributed by atoms with van der Waals surface area (Å²) in [5, 5.41) is 8.67. The predicted molar refractivity (Wildman–Crippen MR) is 65.3 cm³/mol. The van der Waals surface area contributed by atoms with Crippen LogP contribution < -0.4 is 0 Å². The highest BCUT2D eigenvalue weighted by atomic mass is 32.2. The number of aliphatic hydroxyl groups excluding tert-OH is 1. The van der Waals surface area contributed by atoms with E-state index in [9.17, 15) is 8.42 Å². The molecule has 0 aliphatic rings. The molecule has 0 fully saturated rings. The standard InChI is InChI=1S/C10H24N2O3S/c1-5-10(2)9-12(4)16(14,15)11(3)7-6-8-13/h10,13H,5-9H2,1-4H3. The maximum Gasteiger partial charge on any atom is 0.281 e. The molecule has 0 bridgehead atoms. The summed E-state index contributed by atoms with van der Waals surface area (Å²) in [4.78, 5) is 0. The van der Waals surface area contributed by atoms with Gasteiger partial charge in [0.15, 0.2) is 0 Å². The number of aliphatic hydroxyl groups is 1. The maximum atomic E-state index is 12.0. The molecule has 0 saturated carbocycles. The van der Waals surface area contributed by atoms with Crippen molar-refractivity contribution in [1.29, 1.82) is 0 Å². The molecule has 5 nitrogen and oxygen atoms in total. The topological polar surface area (TPSA) is 60.9 Å². The fraction of sp³-hybridized carbons (Fsp3) is 1.00. The van der Waals surface area contributed by atoms with Crippen molar-refractivity contribution in [2.75, 3.05) is 33.8 Å². The molecule has 1 N–H and O–H groups in total. The third kappa shape index (κ3) is 4.78. The van der Waals surface area contributed by atoms with Gasteiger partial charge < -0.3 is 5.11 Å². The summed E-state index contributed by atoms with van der Waals surface area (Å²) in [7, 11) is -0.227. The number of hydrogen-bond acceptors (Lipinski definition) is 3. The van der Waals surface area contributed by atoms with E-state index in [1.807, 2.05) is 13.8 Å². The molecule has 0 aliphatic carbocycles. The Morgan fingerprint density at radius 2 is 1.81 bits per heavy atom. The van der Waals surface area contributed by atoms with Crippen molar-refractivity contribution in [3.8, 4) is 0 Å². The Morgan fingerprint density at radius 1 is 1.25 bits per heavy atom. The zero-order chi connectivity index (χ0) is 12.8. The van der Waals surface area contributed by atoms with Gasteiger partial charge in [0, 0.05) is 33.8 Å². The highest BCUT2D eigenvalue weighted by Gasteiger charge is 2.23. The van der Waals surface area contributed by atoms with Crippen molar-refractivity contribution in [3.05, 3.63) is 0 Å². The lowest BCUT2D eigenvalue weighted by atomic mass is 10.1. The van der Waals surface area contributed by atoms with Gasteiger partial charge >= 0.3 is 0 Å². The smallest absolute Gasteiger partial charge is 0.281 e. The van der Waals surface area contributed by atoms with Crippen LogP contribution in [0, 0.1) is 5.92 Å². The summed E-state index contributed by atoms with van der Waals surface area (Å²) >= 11 is 0. The molecular formula is C10H24N2O3S. The van der Waals surface area contributed by atoms with Gasteiger partial charge in [0.25, 0.3) is 10.2 Å². The first-order valence-electron chi connectivity index (χ1n) is 5.64. The largest absolute Gasteiger partial charge is 0.396 e. The van der Waals surface area contributed by atoms with Crippen LogP contribution in [0.4, 0.5) is 0 Å². The highest BCUT2D eigenvalue weighted by Crippen LogP contribution is 2.09. The lowest BCUT2D eigenvalue weighted by Crippen LogP contribution is -2.41. The van der Waals surface area contributed by atoms with Gasteiger partial charge in [-0.3, -0.25) is 0 Å². The van der Waals surface area contributed by atoms with Crippen LogP contribution in [0.2, 0.25) is 0 Å². The van der Waals surface area contributed by atoms with Crippen molar-refractivity contribution < 1.29 is 13.5 Å². The predicted octanol–water partition coefficient (Wildman–Crippen LogP) is 0.523. The number of rotatable bonds is 8. The fourth-order valence-electron chi connectivity index (χ4n) is 1.31. The van der Waals surface area contributed by atoms with Crippen LogP contribution >= 0.6 is 0 Å². The van der Waals surface area contributed by atoms with Crippen molar-refractivity contribution >= 4 is 10.2 Å². The molecule has 1 atom stereocenters. The van der Waals surface area contributed by atoms with Crippen LogP contribution in [0.15, 0.2) is 0 Å². The van der Waals surface area contributed by atoms with E-state index >= 15 is 0 Å². The summed E-state index contributed by atoms with van der Waals surface area (Å²) in [6.45, 7) is 4.96. The van der Waals surface area contributed by atoms with Crippen LogP contribution in [0.1, 0.15) is 26.7 Å². The molecule has 0 saturated heterocycles. The van der Waals surface area contributed by atoms with E-state index in [2.05, 4.69) is 0 Å². The molecule has 16 heavy (non-hydrogen) atoms. The summed E-state index contributed by atoms with van der Waals surface area (Å²) < 4.78 is 26.6. The van der Waals surface area contributed by atoms with E-state index in [0.29, 0.717) is 25.4 Å². The Labute approximate surface area is 99.2 Å². The zero-order valence-electron chi connectivity index (χ0n) is 10.7. The van der Waals surface area contributed by atoms with Crippen LogP contribution in [0.5, 0.6) is 0 Å². The van der Waals surface area contributed by atoms with Crippen molar-refractivity contribution in [3.63, 3.8) is 0 Å². The molecule has 98 valence electrons. The minimum atomic E-state index is -3.36. The molecule has 1 unspecified atom stereocenters. The Bertz CT molecular complexity index is 280. The quantitative estimate of drug-likeness (QED) is 0.685. The van der Waals surface area contributed by atoms with E-state index in [0.717, 1.165) is 6.42 Å². The Balaban J connectivity index is 4.40. The molecule has 0 heterocycles. The maximum absolute atomic E-state index is 12.0. The molecule has 0 aromatic carbocycles. The van der Waals surface area contributed by atoms with Crippen LogP contribution in [0.3, 0.4) is 0 Å². The van der Waals surface area contributed by atoms with Gasteiger partial charge in [-0.2, -0.15) is 17.0 Å². The number of hydrogen-bond donors (Lipinski definition) is 1. The first kappa shape index (κ1) is 15.8. The van der Waals surface area contributed by atoms with Gasteiger partial charge in [-0.05, 0) is 12.3 Å². The van der Waals surface area contributed by atoms with Crippen LogP contribution in [0.25, 0.3) is 0 Å². The average Bonchev–Trinajstić information content (AvgIpc) is 2.25. The SMILES string of the molecule is CCC(C)CN(C)S(=O)(=O)N(C)CCCO. The lowest BCUT2D eigenvalue weighted by molar-refractivity contribution is 0.271. The number of nitrogens with zero attached hydrogens (tertiary/aromatic N) is 2. The first-order chi connectivity index (χ1) is 7.36. The minimum Gasteiger partial charge on any atom is -0.396 e. The Kier molecular flexibility index (Phi) is 7.14. The molecule has 0 radical (unpaired) electrons. The van der Waals surface area contributed by atoms with Gasteiger partial charge in [0.1, 0.15) is 0 Å².